The van der Waals surface area contributed by atoms with Crippen LogP contribution in [0.15, 0.2) is 30.6 Å². The summed E-state index contributed by atoms with van der Waals surface area (Å²) >= 11 is 0. The Labute approximate surface area is 188 Å². The minimum absolute atomic E-state index is 0.0281. The lowest BCUT2D eigenvalue weighted by Gasteiger charge is -2.57. The van der Waals surface area contributed by atoms with Gasteiger partial charge in [-0.25, -0.2) is 9.97 Å². The molecule has 12 nitrogen and oxygen atoms in total. The topological polar surface area (TPSA) is 165 Å². The second kappa shape index (κ2) is 7.94. The third-order valence-corrected chi connectivity index (χ3v) is 7.04. The first-order chi connectivity index (χ1) is 15.8. The molecule has 4 saturated carbocycles. The van der Waals surface area contributed by atoms with Gasteiger partial charge in [0.15, 0.2) is 0 Å². The van der Waals surface area contributed by atoms with E-state index in [2.05, 4.69) is 26.1 Å². The van der Waals surface area contributed by atoms with Gasteiger partial charge in [0.25, 0.3) is 11.6 Å². The number of benzene rings is 1. The van der Waals surface area contributed by atoms with Crippen LogP contribution in [0.1, 0.15) is 48.9 Å². The zero-order valence-electron chi connectivity index (χ0n) is 17.7. The van der Waals surface area contributed by atoms with Gasteiger partial charge in [0.1, 0.15) is 6.33 Å². The van der Waals surface area contributed by atoms with Crippen molar-refractivity contribution in [2.24, 2.45) is 17.8 Å². The smallest absolute Gasteiger partial charge is 0.354 e. The van der Waals surface area contributed by atoms with Crippen LogP contribution in [0.25, 0.3) is 0 Å². The van der Waals surface area contributed by atoms with Crippen LogP contribution in [0.2, 0.25) is 0 Å². The second-order valence-corrected chi connectivity index (χ2v) is 9.39. The summed E-state index contributed by atoms with van der Waals surface area (Å²) in [7, 11) is 0. The van der Waals surface area contributed by atoms with Gasteiger partial charge in [-0.05, 0) is 62.3 Å². The Balaban J connectivity index is 1.35. The van der Waals surface area contributed by atoms with Crippen LogP contribution in [0.4, 0.5) is 23.0 Å². The SMILES string of the molecule is O=C(NNc1ncnc(NC23CC4CC(CC(C4)C2)C3)c1[N+](=O)[O-])c1cccc([N+](=O)[O-])c1. The van der Waals surface area contributed by atoms with E-state index in [0.717, 1.165) is 25.3 Å². The molecule has 33 heavy (non-hydrogen) atoms. The molecule has 1 heterocycles. The summed E-state index contributed by atoms with van der Waals surface area (Å²) in [5.41, 5.74) is 4.06. The van der Waals surface area contributed by atoms with Crippen molar-refractivity contribution >= 4 is 28.9 Å². The van der Waals surface area contributed by atoms with Crippen molar-refractivity contribution in [2.75, 3.05) is 10.7 Å². The van der Waals surface area contributed by atoms with E-state index in [-0.39, 0.29) is 34.1 Å². The predicted molar refractivity (Wildman–Crippen MR) is 117 cm³/mol. The first-order valence-electron chi connectivity index (χ1n) is 10.9. The van der Waals surface area contributed by atoms with E-state index < -0.39 is 15.8 Å². The van der Waals surface area contributed by atoms with Crippen LogP contribution < -0.4 is 16.2 Å². The van der Waals surface area contributed by atoms with E-state index in [9.17, 15) is 25.0 Å². The average molecular weight is 453 g/mol. The van der Waals surface area contributed by atoms with Crippen molar-refractivity contribution in [3.8, 4) is 0 Å². The molecule has 1 aromatic heterocycles. The summed E-state index contributed by atoms with van der Waals surface area (Å²) in [6, 6.07) is 5.17. The third-order valence-electron chi connectivity index (χ3n) is 7.04. The van der Waals surface area contributed by atoms with Crippen LogP contribution in [0, 0.1) is 38.0 Å². The molecule has 0 atom stereocenters. The van der Waals surface area contributed by atoms with Crippen LogP contribution >= 0.6 is 0 Å². The van der Waals surface area contributed by atoms with Crippen LogP contribution in [0.3, 0.4) is 0 Å². The van der Waals surface area contributed by atoms with Gasteiger partial charge in [0.2, 0.25) is 11.6 Å². The summed E-state index contributed by atoms with van der Waals surface area (Å²) < 4.78 is 0. The number of nitrogens with one attached hydrogen (secondary N) is 3. The van der Waals surface area contributed by atoms with Crippen molar-refractivity contribution in [3.05, 3.63) is 56.4 Å². The molecule has 0 spiro atoms. The van der Waals surface area contributed by atoms with Crippen LogP contribution in [-0.4, -0.2) is 31.3 Å². The summed E-state index contributed by atoms with van der Waals surface area (Å²) in [6.07, 6.45) is 7.86. The normalized spacial score (nSPS) is 27.1. The summed E-state index contributed by atoms with van der Waals surface area (Å²) in [5, 5.41) is 26.2. The van der Waals surface area contributed by atoms with E-state index in [4.69, 9.17) is 0 Å². The molecule has 1 aromatic carbocycles. The molecule has 2 aromatic rings. The number of aromatic nitrogens is 2. The average Bonchev–Trinajstić information content (AvgIpc) is 2.76. The van der Waals surface area contributed by atoms with Gasteiger partial charge < -0.3 is 5.32 Å². The fourth-order valence-electron chi connectivity index (χ4n) is 6.20. The van der Waals surface area contributed by atoms with Gasteiger partial charge in [-0.2, -0.15) is 0 Å². The van der Waals surface area contributed by atoms with Gasteiger partial charge in [0, 0.05) is 23.2 Å². The molecule has 0 radical (unpaired) electrons. The molecule has 172 valence electrons. The number of amides is 1. The summed E-state index contributed by atoms with van der Waals surface area (Å²) in [5.74, 6) is 1.22. The second-order valence-electron chi connectivity index (χ2n) is 9.39. The fraction of sp³-hybridized carbons (Fsp3) is 0.476. The standard InChI is InChI=1S/C21H23N7O5/c29-20(15-2-1-3-16(7-15)27(30)31)26-25-19-17(28(32)33)18(22-11-23-19)24-21-8-12-4-13(9-21)6-14(5-12)10-21/h1-3,7,11-14H,4-6,8-10H2,(H,26,29)(H2,22,23,24,25). The lowest BCUT2D eigenvalue weighted by atomic mass is 9.53. The third kappa shape index (κ3) is 4.03. The molecule has 0 aliphatic heterocycles. The van der Waals surface area contributed by atoms with E-state index in [1.54, 1.807) is 0 Å². The first-order valence-corrected chi connectivity index (χ1v) is 10.9. The highest BCUT2D eigenvalue weighted by atomic mass is 16.6. The molecule has 4 fully saturated rings. The maximum absolute atomic E-state index is 12.4. The monoisotopic (exact) mass is 453 g/mol. The summed E-state index contributed by atoms with van der Waals surface area (Å²) in [6.45, 7) is 0. The van der Waals surface area contributed by atoms with Crippen molar-refractivity contribution in [1.29, 1.82) is 0 Å². The maximum atomic E-state index is 12.4. The number of hydrazine groups is 1. The molecule has 12 heteroatoms. The molecule has 4 bridgehead atoms. The molecular weight excluding hydrogens is 430 g/mol. The number of carbonyl (C=O) groups excluding carboxylic acids is 1. The maximum Gasteiger partial charge on any atom is 0.354 e. The van der Waals surface area contributed by atoms with Crippen LogP contribution in [0.5, 0.6) is 0 Å². The Morgan fingerprint density at radius 2 is 1.61 bits per heavy atom. The highest BCUT2D eigenvalue weighted by molar-refractivity contribution is 5.95. The molecular formula is C21H23N7O5. The number of non-ortho nitro benzene ring substituents is 1. The lowest BCUT2D eigenvalue weighted by Crippen LogP contribution is -2.55. The predicted octanol–water partition coefficient (Wildman–Crippen LogP) is 3.43. The Morgan fingerprint density at radius 3 is 2.21 bits per heavy atom. The zero-order valence-corrected chi connectivity index (χ0v) is 17.7. The van der Waals surface area contributed by atoms with E-state index in [0.29, 0.717) is 17.8 Å². The minimum Gasteiger partial charge on any atom is -0.359 e. The Kier molecular flexibility index (Phi) is 5.06. The van der Waals surface area contributed by atoms with E-state index in [1.165, 1.54) is 43.8 Å². The molecule has 6 rings (SSSR count). The van der Waals surface area contributed by atoms with E-state index in [1.807, 2.05) is 0 Å². The Morgan fingerprint density at radius 1 is 0.970 bits per heavy atom. The van der Waals surface area contributed by atoms with Crippen molar-refractivity contribution < 1.29 is 14.6 Å². The minimum atomic E-state index is -0.692. The van der Waals surface area contributed by atoms with Crippen molar-refractivity contribution in [3.63, 3.8) is 0 Å². The summed E-state index contributed by atoms with van der Waals surface area (Å²) in [4.78, 5) is 42.2. The Bertz CT molecular complexity index is 1100. The van der Waals surface area contributed by atoms with Gasteiger partial charge in [0.05, 0.1) is 9.85 Å². The van der Waals surface area contributed by atoms with Gasteiger partial charge >= 0.3 is 5.69 Å². The van der Waals surface area contributed by atoms with Crippen molar-refractivity contribution in [1.82, 2.24) is 15.4 Å². The number of rotatable bonds is 7. The van der Waals surface area contributed by atoms with Gasteiger partial charge in [-0.3, -0.25) is 35.9 Å². The molecule has 0 unspecified atom stereocenters. The number of hydrogen-bond acceptors (Lipinski definition) is 9. The number of nitrogens with zero attached hydrogens (tertiary/aromatic N) is 4. The van der Waals surface area contributed by atoms with Crippen LogP contribution in [-0.2, 0) is 0 Å². The molecule has 0 saturated heterocycles. The highest BCUT2D eigenvalue weighted by Gasteiger charge is 2.51. The highest BCUT2D eigenvalue weighted by Crippen LogP contribution is 2.56. The quantitative estimate of drug-likeness (QED) is 0.420. The number of anilines is 2. The van der Waals surface area contributed by atoms with E-state index >= 15 is 0 Å². The number of carbonyl (C=O) groups is 1. The largest absolute Gasteiger partial charge is 0.359 e. The molecule has 1 amide bonds. The van der Waals surface area contributed by atoms with Crippen molar-refractivity contribution in [2.45, 2.75) is 44.1 Å². The Hall–Kier alpha value is -3.83. The van der Waals surface area contributed by atoms with Gasteiger partial charge in [-0.1, -0.05) is 6.07 Å². The molecule has 4 aliphatic rings. The molecule has 4 aliphatic carbocycles. The zero-order chi connectivity index (χ0) is 23.2. The number of hydrogen-bond donors (Lipinski definition) is 3. The van der Waals surface area contributed by atoms with Gasteiger partial charge in [-0.15, -0.1) is 0 Å². The first kappa shape index (κ1) is 21.0. The fourth-order valence-corrected chi connectivity index (χ4v) is 6.20. The molecule has 3 N–H and O–H groups in total. The number of nitro benzene ring substituents is 1. The lowest BCUT2D eigenvalue weighted by molar-refractivity contribution is -0.384. The number of nitro groups is 2.